The molecule has 3 aromatic rings. The van der Waals surface area contributed by atoms with Crippen LogP contribution in [0.3, 0.4) is 0 Å². The van der Waals surface area contributed by atoms with Crippen LogP contribution in [0.2, 0.25) is 0 Å². The fourth-order valence-electron chi connectivity index (χ4n) is 2.94. The molecular weight excluding hydrogens is 395 g/mol. The molecule has 0 spiro atoms. The summed E-state index contributed by atoms with van der Waals surface area (Å²) >= 11 is 0. The van der Waals surface area contributed by atoms with Crippen LogP contribution in [-0.4, -0.2) is 29.1 Å². The molecule has 1 amide bonds. The molecular formula is C22H20F3N3O2. The number of aryl methyl sites for hydroxylation is 1. The topological polar surface area (TPSA) is 47.4 Å². The molecule has 1 aromatic heterocycles. The molecule has 0 unspecified atom stereocenters. The average Bonchev–Trinajstić information content (AvgIpc) is 3.16. The minimum absolute atomic E-state index is 0.229. The van der Waals surface area contributed by atoms with Gasteiger partial charge in [0.1, 0.15) is 11.6 Å². The third-order valence-electron chi connectivity index (χ3n) is 4.48. The summed E-state index contributed by atoms with van der Waals surface area (Å²) in [5.74, 6) is -0.191. The number of nitrogens with zero attached hydrogens (tertiary/aromatic N) is 3. The van der Waals surface area contributed by atoms with E-state index in [9.17, 15) is 18.0 Å². The molecule has 0 saturated heterocycles. The molecule has 156 valence electrons. The number of carbonyl (C=O) groups is 1. The highest BCUT2D eigenvalue weighted by Crippen LogP contribution is 2.27. The summed E-state index contributed by atoms with van der Waals surface area (Å²) in [5.41, 5.74) is 2.81. The molecule has 2 aromatic carbocycles. The van der Waals surface area contributed by atoms with E-state index in [-0.39, 0.29) is 17.2 Å². The van der Waals surface area contributed by atoms with E-state index < -0.39 is 6.36 Å². The lowest BCUT2D eigenvalue weighted by Crippen LogP contribution is -2.28. The number of anilines is 1. The molecule has 0 aliphatic rings. The fraction of sp³-hybridized carbons (Fsp3) is 0.182. The first-order valence-electron chi connectivity index (χ1n) is 9.16. The maximum absolute atomic E-state index is 12.8. The molecule has 0 fully saturated rings. The second-order valence-corrected chi connectivity index (χ2v) is 6.47. The summed E-state index contributed by atoms with van der Waals surface area (Å²) in [7, 11) is 1.59. The molecule has 0 saturated carbocycles. The van der Waals surface area contributed by atoms with E-state index >= 15 is 0 Å². The van der Waals surface area contributed by atoms with Crippen LogP contribution in [-0.2, 0) is 6.54 Å². The number of carbonyl (C=O) groups excluding carboxylic acids is 1. The van der Waals surface area contributed by atoms with Crippen LogP contribution in [0.1, 0.15) is 22.8 Å². The SMILES string of the molecule is C=Cc1ccc(-c2cc(N(C)C(=O)c3ccc(OC(F)(F)F)cc3)n(CC)n2)cc1. The van der Waals surface area contributed by atoms with Gasteiger partial charge in [0.05, 0.1) is 5.69 Å². The Hall–Kier alpha value is -3.55. The van der Waals surface area contributed by atoms with E-state index in [4.69, 9.17) is 0 Å². The van der Waals surface area contributed by atoms with Crippen molar-refractivity contribution in [2.24, 2.45) is 0 Å². The van der Waals surface area contributed by atoms with Crippen LogP contribution >= 0.6 is 0 Å². The van der Waals surface area contributed by atoms with Crippen LogP contribution in [0.5, 0.6) is 5.75 Å². The largest absolute Gasteiger partial charge is 0.573 e. The van der Waals surface area contributed by atoms with Crippen molar-refractivity contribution < 1.29 is 22.7 Å². The van der Waals surface area contributed by atoms with Crippen LogP contribution in [0, 0.1) is 0 Å². The zero-order chi connectivity index (χ0) is 21.9. The normalized spacial score (nSPS) is 11.2. The second kappa shape index (κ2) is 8.44. The standard InChI is InChI=1S/C22H20F3N3O2/c1-4-15-6-8-16(9-7-15)19-14-20(28(5-2)26-19)27(3)21(29)17-10-12-18(13-11-17)30-22(23,24)25/h4,6-14H,1,5H2,2-3H3. The van der Waals surface area contributed by atoms with E-state index in [1.807, 2.05) is 31.2 Å². The van der Waals surface area contributed by atoms with Crippen LogP contribution in [0.25, 0.3) is 17.3 Å². The third-order valence-corrected chi connectivity index (χ3v) is 4.48. The van der Waals surface area contributed by atoms with Gasteiger partial charge in [0.2, 0.25) is 0 Å². The predicted molar refractivity (Wildman–Crippen MR) is 109 cm³/mol. The molecule has 0 N–H and O–H groups in total. The van der Waals surface area contributed by atoms with Gasteiger partial charge in [-0.15, -0.1) is 13.2 Å². The average molecular weight is 415 g/mol. The maximum atomic E-state index is 12.8. The molecule has 3 rings (SSSR count). The summed E-state index contributed by atoms with van der Waals surface area (Å²) in [6.45, 7) is 6.17. The Bertz CT molecular complexity index is 1040. The van der Waals surface area contributed by atoms with E-state index in [1.165, 1.54) is 17.0 Å². The third kappa shape index (κ3) is 4.71. The number of hydrogen-bond donors (Lipinski definition) is 0. The highest BCUT2D eigenvalue weighted by atomic mass is 19.4. The first-order valence-corrected chi connectivity index (χ1v) is 9.16. The van der Waals surface area contributed by atoms with Gasteiger partial charge >= 0.3 is 6.36 Å². The van der Waals surface area contributed by atoms with Crippen molar-refractivity contribution in [2.45, 2.75) is 19.8 Å². The smallest absolute Gasteiger partial charge is 0.406 e. The number of alkyl halides is 3. The molecule has 8 heteroatoms. The Labute approximate surface area is 172 Å². The van der Waals surface area contributed by atoms with E-state index in [0.29, 0.717) is 18.1 Å². The zero-order valence-corrected chi connectivity index (χ0v) is 16.5. The van der Waals surface area contributed by atoms with Crippen molar-refractivity contribution in [1.29, 1.82) is 0 Å². The lowest BCUT2D eigenvalue weighted by atomic mass is 10.1. The first-order chi connectivity index (χ1) is 14.2. The Morgan fingerprint density at radius 1 is 1.17 bits per heavy atom. The van der Waals surface area contributed by atoms with Gasteiger partial charge < -0.3 is 4.74 Å². The highest BCUT2D eigenvalue weighted by molar-refractivity contribution is 6.05. The zero-order valence-electron chi connectivity index (χ0n) is 16.5. The molecule has 0 bridgehead atoms. The second-order valence-electron chi connectivity index (χ2n) is 6.47. The lowest BCUT2D eigenvalue weighted by molar-refractivity contribution is -0.274. The number of rotatable bonds is 6. The van der Waals surface area contributed by atoms with Gasteiger partial charge in [-0.3, -0.25) is 9.69 Å². The summed E-state index contributed by atoms with van der Waals surface area (Å²) in [6.07, 6.45) is -3.03. The van der Waals surface area contributed by atoms with Gasteiger partial charge in [-0.1, -0.05) is 36.9 Å². The summed E-state index contributed by atoms with van der Waals surface area (Å²) in [4.78, 5) is 14.3. The first kappa shape index (κ1) is 21.2. The van der Waals surface area contributed by atoms with Crippen molar-refractivity contribution >= 4 is 17.8 Å². The van der Waals surface area contributed by atoms with Gasteiger partial charge in [0.25, 0.3) is 5.91 Å². The quantitative estimate of drug-likeness (QED) is 0.543. The minimum Gasteiger partial charge on any atom is -0.406 e. The highest BCUT2D eigenvalue weighted by Gasteiger charge is 2.31. The van der Waals surface area contributed by atoms with Crippen molar-refractivity contribution in [3.8, 4) is 17.0 Å². The molecule has 0 aliphatic carbocycles. The number of aromatic nitrogens is 2. The summed E-state index contributed by atoms with van der Waals surface area (Å²) in [5, 5.41) is 4.56. The van der Waals surface area contributed by atoms with Crippen molar-refractivity contribution in [2.75, 3.05) is 11.9 Å². The maximum Gasteiger partial charge on any atom is 0.573 e. The molecule has 0 radical (unpaired) electrons. The van der Waals surface area contributed by atoms with E-state index in [1.54, 1.807) is 23.9 Å². The Morgan fingerprint density at radius 3 is 2.33 bits per heavy atom. The minimum atomic E-state index is -4.78. The van der Waals surface area contributed by atoms with Gasteiger partial charge in [0.15, 0.2) is 0 Å². The summed E-state index contributed by atoms with van der Waals surface area (Å²) < 4.78 is 42.5. The molecule has 30 heavy (non-hydrogen) atoms. The van der Waals surface area contributed by atoms with E-state index in [2.05, 4.69) is 16.4 Å². The predicted octanol–water partition coefficient (Wildman–Crippen LogP) is 5.39. The van der Waals surface area contributed by atoms with Crippen molar-refractivity contribution in [3.05, 3.63) is 72.3 Å². The van der Waals surface area contributed by atoms with Gasteiger partial charge in [-0.05, 0) is 36.8 Å². The van der Waals surface area contributed by atoms with Crippen LogP contribution < -0.4 is 9.64 Å². The van der Waals surface area contributed by atoms with Crippen LogP contribution in [0.15, 0.2) is 61.2 Å². The van der Waals surface area contributed by atoms with Gasteiger partial charge in [-0.25, -0.2) is 4.68 Å². The Balaban J connectivity index is 1.84. The lowest BCUT2D eigenvalue weighted by Gasteiger charge is -2.18. The monoisotopic (exact) mass is 415 g/mol. The number of halogens is 3. The van der Waals surface area contributed by atoms with Gasteiger partial charge in [-0.2, -0.15) is 5.10 Å². The fourth-order valence-corrected chi connectivity index (χ4v) is 2.94. The molecule has 5 nitrogen and oxygen atoms in total. The Kier molecular flexibility index (Phi) is 5.96. The molecule has 1 heterocycles. The number of benzene rings is 2. The van der Waals surface area contributed by atoms with Crippen molar-refractivity contribution in [3.63, 3.8) is 0 Å². The number of ether oxygens (including phenoxy) is 1. The van der Waals surface area contributed by atoms with Gasteiger partial charge in [0, 0.05) is 30.8 Å². The van der Waals surface area contributed by atoms with Crippen LogP contribution in [0.4, 0.5) is 19.0 Å². The molecule has 0 aliphatic heterocycles. The van der Waals surface area contributed by atoms with E-state index in [0.717, 1.165) is 23.3 Å². The Morgan fingerprint density at radius 2 is 1.80 bits per heavy atom. The molecule has 0 atom stereocenters. The number of amides is 1. The van der Waals surface area contributed by atoms with Crippen molar-refractivity contribution in [1.82, 2.24) is 9.78 Å². The summed E-state index contributed by atoms with van der Waals surface area (Å²) in [6, 6.07) is 14.3. The number of hydrogen-bond acceptors (Lipinski definition) is 3.